The van der Waals surface area contributed by atoms with Crippen molar-refractivity contribution in [2.24, 2.45) is 0 Å². The van der Waals surface area contributed by atoms with Crippen molar-refractivity contribution in [2.45, 2.75) is 12.6 Å². The highest BCUT2D eigenvalue weighted by molar-refractivity contribution is 7.09. The third kappa shape index (κ3) is 2.42. The molecule has 1 saturated heterocycles. The van der Waals surface area contributed by atoms with Crippen molar-refractivity contribution in [1.29, 1.82) is 0 Å². The van der Waals surface area contributed by atoms with E-state index in [1.807, 2.05) is 30.3 Å². The van der Waals surface area contributed by atoms with E-state index in [2.05, 4.69) is 10.3 Å². The van der Waals surface area contributed by atoms with Gasteiger partial charge < -0.3 is 10.2 Å². The Morgan fingerprint density at radius 3 is 2.80 bits per heavy atom. The molecule has 2 heterocycles. The lowest BCUT2D eigenvalue weighted by Crippen LogP contribution is -2.53. The monoisotopic (exact) mass is 287 g/mol. The topological polar surface area (TPSA) is 62.3 Å². The average molecular weight is 287 g/mol. The van der Waals surface area contributed by atoms with Gasteiger partial charge in [-0.15, -0.1) is 11.3 Å². The van der Waals surface area contributed by atoms with E-state index >= 15 is 0 Å². The molecule has 102 valence electrons. The summed E-state index contributed by atoms with van der Waals surface area (Å²) in [5.74, 6) is -0.216. The van der Waals surface area contributed by atoms with Crippen molar-refractivity contribution in [3.63, 3.8) is 0 Å². The van der Waals surface area contributed by atoms with Crippen LogP contribution in [-0.2, 0) is 16.1 Å². The predicted octanol–water partition coefficient (Wildman–Crippen LogP) is 1.34. The van der Waals surface area contributed by atoms with Crippen LogP contribution in [0.4, 0.5) is 0 Å². The summed E-state index contributed by atoms with van der Waals surface area (Å²) in [6.45, 7) is 0.470. The highest BCUT2D eigenvalue weighted by atomic mass is 32.1. The van der Waals surface area contributed by atoms with E-state index in [4.69, 9.17) is 0 Å². The van der Waals surface area contributed by atoms with E-state index in [0.29, 0.717) is 6.54 Å². The lowest BCUT2D eigenvalue weighted by molar-refractivity contribution is -0.146. The number of amides is 2. The number of carbonyl (C=O) groups excluding carboxylic acids is 2. The average Bonchev–Trinajstić information content (AvgIpc) is 2.97. The van der Waals surface area contributed by atoms with Gasteiger partial charge in [-0.05, 0) is 5.56 Å². The number of piperazine rings is 1. The zero-order valence-corrected chi connectivity index (χ0v) is 11.5. The van der Waals surface area contributed by atoms with Crippen LogP contribution in [0.15, 0.2) is 42.0 Å². The molecule has 1 unspecified atom stereocenters. The third-order valence-electron chi connectivity index (χ3n) is 3.22. The second-order valence-electron chi connectivity index (χ2n) is 4.52. The van der Waals surface area contributed by atoms with Crippen LogP contribution in [0.25, 0.3) is 0 Å². The summed E-state index contributed by atoms with van der Waals surface area (Å²) >= 11 is 1.48. The molecule has 0 aliphatic carbocycles. The number of benzene rings is 1. The van der Waals surface area contributed by atoms with Gasteiger partial charge in [0.2, 0.25) is 11.8 Å². The van der Waals surface area contributed by atoms with Crippen LogP contribution in [-0.4, -0.2) is 28.2 Å². The largest absolute Gasteiger partial charge is 0.345 e. The fourth-order valence-electron chi connectivity index (χ4n) is 2.28. The second kappa shape index (κ2) is 5.42. The van der Waals surface area contributed by atoms with E-state index in [-0.39, 0.29) is 18.4 Å². The minimum Gasteiger partial charge on any atom is -0.345 e. The van der Waals surface area contributed by atoms with E-state index in [9.17, 15) is 9.59 Å². The van der Waals surface area contributed by atoms with Crippen LogP contribution in [0, 0.1) is 0 Å². The van der Waals surface area contributed by atoms with E-state index in [1.54, 1.807) is 16.6 Å². The summed E-state index contributed by atoms with van der Waals surface area (Å²) in [7, 11) is 0. The smallest absolute Gasteiger partial charge is 0.247 e. The molecule has 1 aromatic carbocycles. The van der Waals surface area contributed by atoms with Crippen LogP contribution in [0.2, 0.25) is 0 Å². The zero-order chi connectivity index (χ0) is 13.9. The molecule has 0 bridgehead atoms. The Labute approximate surface area is 120 Å². The van der Waals surface area contributed by atoms with E-state index < -0.39 is 6.04 Å². The van der Waals surface area contributed by atoms with Crippen LogP contribution in [0.3, 0.4) is 0 Å². The summed E-state index contributed by atoms with van der Waals surface area (Å²) in [6, 6.07) is 8.78. The number of carbonyl (C=O) groups is 2. The van der Waals surface area contributed by atoms with Gasteiger partial charge >= 0.3 is 0 Å². The van der Waals surface area contributed by atoms with Crippen LogP contribution in [0.1, 0.15) is 16.5 Å². The van der Waals surface area contributed by atoms with Gasteiger partial charge in [0, 0.05) is 11.1 Å². The van der Waals surface area contributed by atoms with Gasteiger partial charge in [0.25, 0.3) is 0 Å². The molecule has 3 rings (SSSR count). The maximum atomic E-state index is 12.2. The van der Waals surface area contributed by atoms with Gasteiger partial charge in [-0.25, -0.2) is 0 Å². The molecule has 2 amide bonds. The molecule has 2 aromatic rings. The fraction of sp³-hybridized carbons (Fsp3) is 0.214. The molecule has 5 nitrogen and oxygen atoms in total. The van der Waals surface area contributed by atoms with Crippen LogP contribution < -0.4 is 5.32 Å². The molecular weight excluding hydrogens is 274 g/mol. The summed E-state index contributed by atoms with van der Waals surface area (Å²) < 4.78 is 0. The van der Waals surface area contributed by atoms with E-state index in [1.165, 1.54) is 11.3 Å². The molecule has 1 aliphatic heterocycles. The Balaban J connectivity index is 1.93. The highest BCUT2D eigenvalue weighted by Gasteiger charge is 2.35. The predicted molar refractivity (Wildman–Crippen MR) is 74.9 cm³/mol. The normalized spacial score (nSPS) is 19.0. The van der Waals surface area contributed by atoms with Gasteiger partial charge in [0.05, 0.1) is 18.6 Å². The van der Waals surface area contributed by atoms with Gasteiger partial charge in [0.15, 0.2) is 0 Å². The summed E-state index contributed by atoms with van der Waals surface area (Å²) in [4.78, 5) is 30.9. The number of rotatable bonds is 3. The summed E-state index contributed by atoms with van der Waals surface area (Å²) in [6.07, 6.45) is 1.73. The zero-order valence-electron chi connectivity index (χ0n) is 10.7. The first kappa shape index (κ1) is 12.8. The number of nitrogens with one attached hydrogen (secondary N) is 1. The van der Waals surface area contributed by atoms with Crippen molar-refractivity contribution in [3.05, 3.63) is 52.5 Å². The molecule has 1 atom stereocenters. The van der Waals surface area contributed by atoms with Crippen LogP contribution >= 0.6 is 11.3 Å². The quantitative estimate of drug-likeness (QED) is 0.926. The van der Waals surface area contributed by atoms with Crippen molar-refractivity contribution in [1.82, 2.24) is 15.2 Å². The Hall–Kier alpha value is -2.21. The highest BCUT2D eigenvalue weighted by Crippen LogP contribution is 2.26. The third-order valence-corrected chi connectivity index (χ3v) is 3.98. The molecule has 1 aromatic heterocycles. The number of aromatic nitrogens is 1. The Bertz CT molecular complexity index is 613. The fourth-order valence-corrected chi connectivity index (χ4v) is 2.87. The molecule has 6 heteroatoms. The lowest BCUT2D eigenvalue weighted by atomic mass is 10.0. The molecule has 0 radical (unpaired) electrons. The Morgan fingerprint density at radius 1 is 1.30 bits per heavy atom. The van der Waals surface area contributed by atoms with Gasteiger partial charge in [-0.3, -0.25) is 14.6 Å². The minimum absolute atomic E-state index is 0.0565. The standard InChI is InChI=1S/C14H13N3O2S/c18-12-7-16-14(19)13(10-4-2-1-3-5-10)17(12)8-11-6-15-9-20-11/h1-6,9,13H,7-8H2,(H,16,19). The first-order valence-electron chi connectivity index (χ1n) is 6.25. The molecule has 1 aliphatic rings. The molecule has 1 fully saturated rings. The van der Waals surface area contributed by atoms with Crippen LogP contribution in [0.5, 0.6) is 0 Å². The number of hydrogen-bond acceptors (Lipinski definition) is 4. The van der Waals surface area contributed by atoms with Gasteiger partial charge in [0.1, 0.15) is 6.04 Å². The van der Waals surface area contributed by atoms with Crippen molar-refractivity contribution in [3.8, 4) is 0 Å². The van der Waals surface area contributed by atoms with Crippen molar-refractivity contribution >= 4 is 23.2 Å². The van der Waals surface area contributed by atoms with E-state index in [0.717, 1.165) is 10.4 Å². The number of hydrogen-bond donors (Lipinski definition) is 1. The summed E-state index contributed by atoms with van der Waals surface area (Å²) in [5.41, 5.74) is 2.55. The summed E-state index contributed by atoms with van der Waals surface area (Å²) in [5, 5.41) is 2.65. The Kier molecular flexibility index (Phi) is 3.47. The SMILES string of the molecule is O=C1NCC(=O)N(Cc2cncs2)C1c1ccccc1. The lowest BCUT2D eigenvalue weighted by Gasteiger charge is -2.34. The number of thiazole rings is 1. The molecule has 0 saturated carbocycles. The molecule has 0 spiro atoms. The molecular formula is C14H13N3O2S. The first-order valence-corrected chi connectivity index (χ1v) is 7.13. The van der Waals surface area contributed by atoms with Crippen molar-refractivity contribution < 1.29 is 9.59 Å². The first-order chi connectivity index (χ1) is 9.75. The van der Waals surface area contributed by atoms with Gasteiger partial charge in [-0.1, -0.05) is 30.3 Å². The number of nitrogens with zero attached hydrogens (tertiary/aromatic N) is 2. The minimum atomic E-state index is -0.570. The maximum Gasteiger partial charge on any atom is 0.247 e. The molecule has 1 N–H and O–H groups in total. The van der Waals surface area contributed by atoms with Crippen molar-refractivity contribution in [2.75, 3.05) is 6.54 Å². The molecule has 20 heavy (non-hydrogen) atoms. The Morgan fingerprint density at radius 2 is 2.10 bits per heavy atom. The van der Waals surface area contributed by atoms with Gasteiger partial charge in [-0.2, -0.15) is 0 Å². The maximum absolute atomic E-state index is 12.2. The second-order valence-corrected chi connectivity index (χ2v) is 5.49.